The first kappa shape index (κ1) is 22.3. The van der Waals surface area contributed by atoms with Gasteiger partial charge in [0.2, 0.25) is 0 Å². The van der Waals surface area contributed by atoms with E-state index in [1.54, 1.807) is 14.7 Å². The fraction of sp³-hybridized carbons (Fsp3) is 0.818. The summed E-state index contributed by atoms with van der Waals surface area (Å²) in [4.78, 5) is 12.6. The predicted molar refractivity (Wildman–Crippen MR) is 119 cm³/mol. The van der Waals surface area contributed by atoms with Crippen molar-refractivity contribution in [1.29, 1.82) is 0 Å². The van der Waals surface area contributed by atoms with Gasteiger partial charge in [-0.15, -0.1) is 0 Å². The first-order chi connectivity index (χ1) is 15.5. The van der Waals surface area contributed by atoms with Crippen molar-refractivity contribution in [3.05, 3.63) is 17.5 Å². The Labute approximate surface area is 190 Å². The molecule has 0 aromatic carbocycles. The number of rotatable bonds is 5. The average Bonchev–Trinajstić information content (AvgIpc) is 3.31. The zero-order chi connectivity index (χ0) is 22.5. The zero-order valence-electron chi connectivity index (χ0n) is 18.8. The van der Waals surface area contributed by atoms with Crippen LogP contribution in [0.3, 0.4) is 0 Å². The molecule has 10 heteroatoms. The average molecular weight is 466 g/mol. The zero-order valence-corrected chi connectivity index (χ0v) is 19.6. The van der Waals surface area contributed by atoms with Crippen LogP contribution < -0.4 is 11.1 Å². The van der Waals surface area contributed by atoms with Gasteiger partial charge in [0.15, 0.2) is 5.69 Å². The van der Waals surface area contributed by atoms with Crippen molar-refractivity contribution >= 4 is 16.1 Å². The van der Waals surface area contributed by atoms with Crippen LogP contribution in [0, 0.1) is 11.8 Å². The first-order valence-electron chi connectivity index (χ1n) is 12.1. The van der Waals surface area contributed by atoms with Crippen molar-refractivity contribution in [3.8, 4) is 0 Å². The molecule has 1 aromatic rings. The molecule has 2 aliphatic carbocycles. The number of nitrogens with one attached hydrogen (secondary N) is 1. The smallest absolute Gasteiger partial charge is 0.282 e. The van der Waals surface area contributed by atoms with E-state index < -0.39 is 10.2 Å². The second kappa shape index (κ2) is 8.70. The predicted octanol–water partition coefficient (Wildman–Crippen LogP) is 1.83. The standard InChI is InChI=1S/C21H30N4O4S.CH5N/c26-21(19-10-20(29-23-19)15-3-4-15)22-16-8-17-5-6-18(9-16)25(17)30(27,28)24-11-13-1-2-14(7-13)12-24;1-2/h10,13-18H,1-9,11-12H2,(H,22,26);2H2,1H3/t13-,14?,16?,17-,18+;/m0./s1. The van der Waals surface area contributed by atoms with Gasteiger partial charge in [-0.2, -0.15) is 17.0 Å². The van der Waals surface area contributed by atoms with Crippen LogP contribution in [0.4, 0.5) is 0 Å². The van der Waals surface area contributed by atoms with E-state index in [0.717, 1.165) is 31.4 Å². The molecular formula is C22H35N5O4S. The lowest BCUT2D eigenvalue weighted by atomic mass is 9.99. The van der Waals surface area contributed by atoms with Gasteiger partial charge in [-0.1, -0.05) is 5.16 Å². The third-order valence-corrected chi connectivity index (χ3v) is 9.99. The highest BCUT2D eigenvalue weighted by Crippen LogP contribution is 2.43. The van der Waals surface area contributed by atoms with E-state index in [0.29, 0.717) is 49.4 Å². The summed E-state index contributed by atoms with van der Waals surface area (Å²) in [7, 11) is -1.92. The van der Waals surface area contributed by atoms with Crippen LogP contribution in [-0.2, 0) is 10.2 Å². The Bertz CT molecular complexity index is 920. The fourth-order valence-corrected chi connectivity index (χ4v) is 8.53. The van der Waals surface area contributed by atoms with Gasteiger partial charge in [0.05, 0.1) is 0 Å². The topological polar surface area (TPSA) is 122 Å². The maximum absolute atomic E-state index is 13.5. The van der Waals surface area contributed by atoms with Gasteiger partial charge in [-0.3, -0.25) is 4.79 Å². The number of fused-ring (bicyclic) bond motifs is 4. The molecule has 5 atom stereocenters. The molecule has 1 amide bonds. The SMILES string of the molecule is CN.O=C(NC1C[C@H]2CC[C@@H](C1)N2S(=O)(=O)N1CC2CC[C@@H](C2)C1)c1cc(C2CC2)on1. The molecule has 0 spiro atoms. The van der Waals surface area contributed by atoms with Gasteiger partial charge >= 0.3 is 0 Å². The Morgan fingerprint density at radius 2 is 1.66 bits per heavy atom. The van der Waals surface area contributed by atoms with E-state index >= 15 is 0 Å². The van der Waals surface area contributed by atoms with Crippen LogP contribution in [0.5, 0.6) is 0 Å². The van der Waals surface area contributed by atoms with Crippen LogP contribution in [0.1, 0.15) is 80.0 Å². The molecule has 3 N–H and O–H groups in total. The normalized spacial score (nSPS) is 34.8. The number of amides is 1. The van der Waals surface area contributed by atoms with Crippen molar-refractivity contribution in [2.45, 2.75) is 81.8 Å². The number of carbonyl (C=O) groups is 1. The van der Waals surface area contributed by atoms with Crippen LogP contribution >= 0.6 is 0 Å². The van der Waals surface area contributed by atoms with E-state index in [1.165, 1.54) is 26.3 Å². The summed E-state index contributed by atoms with van der Waals surface area (Å²) < 4.78 is 35.8. The van der Waals surface area contributed by atoms with Gasteiger partial charge in [0, 0.05) is 43.2 Å². The van der Waals surface area contributed by atoms with Gasteiger partial charge in [-0.25, -0.2) is 0 Å². The summed E-state index contributed by atoms with van der Waals surface area (Å²) in [6.07, 6.45) is 8.85. The molecule has 4 bridgehead atoms. The molecule has 1 aromatic heterocycles. The Morgan fingerprint density at radius 3 is 2.25 bits per heavy atom. The highest BCUT2D eigenvalue weighted by molar-refractivity contribution is 7.86. The monoisotopic (exact) mass is 465 g/mol. The lowest BCUT2D eigenvalue weighted by Crippen LogP contribution is -2.57. The third-order valence-electron chi connectivity index (χ3n) is 7.91. The highest BCUT2D eigenvalue weighted by Gasteiger charge is 2.50. The minimum atomic E-state index is -3.42. The largest absolute Gasteiger partial charge is 0.360 e. The van der Waals surface area contributed by atoms with Crippen molar-refractivity contribution in [2.75, 3.05) is 20.1 Å². The molecule has 9 nitrogen and oxygen atoms in total. The maximum Gasteiger partial charge on any atom is 0.282 e. The highest BCUT2D eigenvalue weighted by atomic mass is 32.2. The number of piperidine rings is 2. The van der Waals surface area contributed by atoms with Crippen LogP contribution in [0.2, 0.25) is 0 Å². The number of hydrogen-bond donors (Lipinski definition) is 2. The summed E-state index contributed by atoms with van der Waals surface area (Å²) in [5.74, 6) is 2.09. The van der Waals surface area contributed by atoms with Crippen LogP contribution in [-0.4, -0.2) is 66.4 Å². The van der Waals surface area contributed by atoms with Gasteiger partial charge in [0.25, 0.3) is 16.1 Å². The molecule has 2 unspecified atom stereocenters. The summed E-state index contributed by atoms with van der Waals surface area (Å²) in [6, 6.07) is 1.71. The van der Waals surface area contributed by atoms with E-state index in [2.05, 4.69) is 16.2 Å². The van der Waals surface area contributed by atoms with Crippen LogP contribution in [0.15, 0.2) is 10.6 Å². The van der Waals surface area contributed by atoms with Crippen molar-refractivity contribution in [3.63, 3.8) is 0 Å². The lowest BCUT2D eigenvalue weighted by molar-refractivity contribution is 0.0897. The van der Waals surface area contributed by atoms with Gasteiger partial charge in [0.1, 0.15) is 5.76 Å². The fourth-order valence-electron chi connectivity index (χ4n) is 6.33. The summed E-state index contributed by atoms with van der Waals surface area (Å²) in [5, 5.41) is 7.02. The van der Waals surface area contributed by atoms with Gasteiger partial charge in [-0.05, 0) is 76.7 Å². The Balaban J connectivity index is 0.00000105. The second-order valence-corrected chi connectivity index (χ2v) is 11.9. The molecule has 3 saturated heterocycles. The third kappa shape index (κ3) is 4.10. The quantitative estimate of drug-likeness (QED) is 0.684. The maximum atomic E-state index is 13.5. The van der Waals surface area contributed by atoms with Crippen molar-refractivity contribution in [1.82, 2.24) is 19.1 Å². The first-order valence-corrected chi connectivity index (χ1v) is 13.5. The molecule has 3 aliphatic heterocycles. The number of aromatic nitrogens is 1. The van der Waals surface area contributed by atoms with Crippen molar-refractivity contribution < 1.29 is 17.7 Å². The molecule has 2 saturated carbocycles. The molecule has 5 aliphatic rings. The summed E-state index contributed by atoms with van der Waals surface area (Å²) in [5.41, 5.74) is 4.84. The molecule has 5 fully saturated rings. The lowest BCUT2D eigenvalue weighted by Gasteiger charge is -2.42. The molecule has 4 heterocycles. The molecular weight excluding hydrogens is 430 g/mol. The molecule has 178 valence electrons. The van der Waals surface area contributed by atoms with E-state index in [9.17, 15) is 13.2 Å². The van der Waals surface area contributed by atoms with E-state index in [4.69, 9.17) is 4.52 Å². The number of nitrogens with two attached hydrogens (primary N) is 1. The number of carbonyl (C=O) groups excluding carboxylic acids is 1. The minimum Gasteiger partial charge on any atom is -0.360 e. The van der Waals surface area contributed by atoms with Crippen LogP contribution in [0.25, 0.3) is 0 Å². The van der Waals surface area contributed by atoms with Gasteiger partial charge < -0.3 is 15.6 Å². The summed E-state index contributed by atoms with van der Waals surface area (Å²) >= 11 is 0. The Morgan fingerprint density at radius 1 is 1.03 bits per heavy atom. The van der Waals surface area contributed by atoms with Crippen molar-refractivity contribution in [2.24, 2.45) is 17.6 Å². The van der Waals surface area contributed by atoms with E-state index in [1.807, 2.05) is 0 Å². The Hall–Kier alpha value is -1.49. The molecule has 32 heavy (non-hydrogen) atoms. The minimum absolute atomic E-state index is 0.0138. The molecule has 6 rings (SSSR count). The molecule has 0 radical (unpaired) electrons. The number of nitrogens with zero attached hydrogens (tertiary/aromatic N) is 3. The summed E-state index contributed by atoms with van der Waals surface area (Å²) in [6.45, 7) is 1.37. The second-order valence-electron chi connectivity index (χ2n) is 10.1. The van der Waals surface area contributed by atoms with E-state index in [-0.39, 0.29) is 24.0 Å². The Kier molecular flexibility index (Phi) is 6.06. The number of hydrogen-bond acceptors (Lipinski definition) is 6.